The number of hydrogen-bond acceptors (Lipinski definition) is 8. The standard InChI is InChI=1S/C38H28N6O4/c45-35-27-9-3-5-11-29(27)37(47)33-17-23(13-15-31(33)35)19-43-21-25(39-41-43)7-1-2-8-26-22-44(42-40-26)20-24-14-16-32-34(18-24)38(48)30-12-6-4-10-28(30)36(32)46/h3-6,9-18,21-22H,1-2,7-8,19-20H2. The molecule has 234 valence electrons. The largest absolute Gasteiger partial charge is 0.289 e. The molecule has 0 fully saturated rings. The second-order valence-electron chi connectivity index (χ2n) is 12.2. The molecular formula is C38H28N6O4. The van der Waals surface area contributed by atoms with Gasteiger partial charge in [-0.3, -0.25) is 19.2 Å². The van der Waals surface area contributed by atoms with E-state index in [1.54, 1.807) is 82.2 Å². The molecule has 0 saturated heterocycles. The summed E-state index contributed by atoms with van der Waals surface area (Å²) in [6.07, 6.45) is 7.12. The van der Waals surface area contributed by atoms with Crippen LogP contribution >= 0.6 is 0 Å². The lowest BCUT2D eigenvalue weighted by molar-refractivity contribution is 0.0979. The molecule has 0 radical (unpaired) electrons. The first-order valence-electron chi connectivity index (χ1n) is 15.8. The van der Waals surface area contributed by atoms with Gasteiger partial charge in [0, 0.05) is 56.9 Å². The first-order chi connectivity index (χ1) is 23.4. The smallest absolute Gasteiger partial charge is 0.194 e. The highest BCUT2D eigenvalue weighted by molar-refractivity contribution is 6.29. The van der Waals surface area contributed by atoms with Crippen LogP contribution in [0.1, 0.15) is 99.0 Å². The highest BCUT2D eigenvalue weighted by Crippen LogP contribution is 2.29. The topological polar surface area (TPSA) is 130 Å². The minimum Gasteiger partial charge on any atom is -0.289 e. The van der Waals surface area contributed by atoms with Crippen molar-refractivity contribution in [2.45, 2.75) is 38.8 Å². The molecule has 0 spiro atoms. The van der Waals surface area contributed by atoms with Gasteiger partial charge in [-0.2, -0.15) is 0 Å². The monoisotopic (exact) mass is 632 g/mol. The third kappa shape index (κ3) is 5.27. The summed E-state index contributed by atoms with van der Waals surface area (Å²) < 4.78 is 3.49. The molecule has 10 heteroatoms. The van der Waals surface area contributed by atoms with Crippen molar-refractivity contribution in [2.75, 3.05) is 0 Å². The zero-order valence-electron chi connectivity index (χ0n) is 25.8. The van der Waals surface area contributed by atoms with Gasteiger partial charge < -0.3 is 0 Å². The molecule has 48 heavy (non-hydrogen) atoms. The van der Waals surface area contributed by atoms with Crippen LogP contribution in [0.25, 0.3) is 0 Å². The van der Waals surface area contributed by atoms with Crippen LogP contribution in [0.5, 0.6) is 0 Å². The fraction of sp³-hybridized carbons (Fsp3) is 0.158. The summed E-state index contributed by atoms with van der Waals surface area (Å²) in [6.45, 7) is 0.878. The lowest BCUT2D eigenvalue weighted by Gasteiger charge is -2.18. The van der Waals surface area contributed by atoms with Gasteiger partial charge in [0.05, 0.1) is 24.5 Å². The van der Waals surface area contributed by atoms with E-state index in [1.165, 1.54) is 0 Å². The number of hydrogen-bond donors (Lipinski definition) is 0. The summed E-state index contributed by atoms with van der Waals surface area (Å²) in [4.78, 5) is 52.0. The molecule has 2 aromatic heterocycles. The number of ketones is 4. The van der Waals surface area contributed by atoms with E-state index in [2.05, 4.69) is 20.6 Å². The van der Waals surface area contributed by atoms with Crippen LogP contribution in [0.15, 0.2) is 97.3 Å². The van der Waals surface area contributed by atoms with E-state index in [0.29, 0.717) is 57.6 Å². The van der Waals surface area contributed by atoms with Crippen LogP contribution < -0.4 is 0 Å². The first-order valence-corrected chi connectivity index (χ1v) is 15.8. The van der Waals surface area contributed by atoms with Gasteiger partial charge in [-0.05, 0) is 61.1 Å². The van der Waals surface area contributed by atoms with Crippen LogP contribution in [0.2, 0.25) is 0 Å². The molecule has 4 aromatic carbocycles. The predicted octanol–water partition coefficient (Wildman–Crippen LogP) is 5.08. The van der Waals surface area contributed by atoms with Crippen LogP contribution in [-0.2, 0) is 25.9 Å². The summed E-state index contributed by atoms with van der Waals surface area (Å²) in [6, 6.07) is 24.6. The number of nitrogens with zero attached hydrogens (tertiary/aromatic N) is 6. The zero-order chi connectivity index (χ0) is 32.8. The van der Waals surface area contributed by atoms with Crippen molar-refractivity contribution < 1.29 is 19.2 Å². The number of carbonyl (C=O) groups excluding carboxylic acids is 4. The number of unbranched alkanes of at least 4 members (excludes halogenated alkanes) is 1. The van der Waals surface area contributed by atoms with Crippen molar-refractivity contribution >= 4 is 23.1 Å². The SMILES string of the molecule is O=C1c2ccccc2C(=O)c2cc(Cn3cc(CCCCc4cn(Cc5ccc6c(c5)C(=O)c5ccccc5C6=O)nn4)nn3)ccc21. The molecule has 2 heterocycles. The summed E-state index contributed by atoms with van der Waals surface area (Å²) in [7, 11) is 0. The van der Waals surface area contributed by atoms with Crippen molar-refractivity contribution in [3.8, 4) is 0 Å². The van der Waals surface area contributed by atoms with Crippen molar-refractivity contribution in [2.24, 2.45) is 0 Å². The maximum absolute atomic E-state index is 13.1. The number of aryl methyl sites for hydroxylation is 2. The van der Waals surface area contributed by atoms with Crippen molar-refractivity contribution in [3.63, 3.8) is 0 Å². The Hall–Kier alpha value is -6.16. The first kappa shape index (κ1) is 29.3. The van der Waals surface area contributed by atoms with E-state index in [0.717, 1.165) is 48.2 Å². The van der Waals surface area contributed by atoms with E-state index in [4.69, 9.17) is 0 Å². The highest BCUT2D eigenvalue weighted by atomic mass is 16.1. The van der Waals surface area contributed by atoms with Crippen LogP contribution in [0.4, 0.5) is 0 Å². The average molecular weight is 633 g/mol. The quantitative estimate of drug-likeness (QED) is 0.202. The van der Waals surface area contributed by atoms with E-state index in [1.807, 2.05) is 24.5 Å². The number of carbonyl (C=O) groups is 4. The molecule has 0 bridgehead atoms. The summed E-state index contributed by atoms with van der Waals surface area (Å²) in [5, 5.41) is 17.2. The van der Waals surface area contributed by atoms with Crippen molar-refractivity contribution in [1.82, 2.24) is 30.0 Å². The van der Waals surface area contributed by atoms with Crippen molar-refractivity contribution in [1.29, 1.82) is 0 Å². The fourth-order valence-corrected chi connectivity index (χ4v) is 6.54. The molecule has 10 nitrogen and oxygen atoms in total. The van der Waals surface area contributed by atoms with E-state index >= 15 is 0 Å². The zero-order valence-corrected chi connectivity index (χ0v) is 25.8. The van der Waals surface area contributed by atoms with Gasteiger partial charge in [0.2, 0.25) is 0 Å². The van der Waals surface area contributed by atoms with Gasteiger partial charge in [0.1, 0.15) is 0 Å². The van der Waals surface area contributed by atoms with Gasteiger partial charge in [-0.25, -0.2) is 9.36 Å². The van der Waals surface area contributed by atoms with E-state index < -0.39 is 0 Å². The Balaban J connectivity index is 0.843. The number of benzene rings is 4. The third-order valence-electron chi connectivity index (χ3n) is 8.96. The molecule has 0 N–H and O–H groups in total. The molecule has 0 unspecified atom stereocenters. The average Bonchev–Trinajstić information content (AvgIpc) is 3.77. The Morgan fingerprint density at radius 3 is 1.19 bits per heavy atom. The fourth-order valence-electron chi connectivity index (χ4n) is 6.54. The predicted molar refractivity (Wildman–Crippen MR) is 174 cm³/mol. The van der Waals surface area contributed by atoms with Crippen LogP contribution in [0, 0.1) is 0 Å². The molecule has 8 rings (SSSR count). The lowest BCUT2D eigenvalue weighted by Crippen LogP contribution is -2.21. The Morgan fingerprint density at radius 1 is 0.438 bits per heavy atom. The summed E-state index contributed by atoms with van der Waals surface area (Å²) in [5.74, 6) is -0.536. The Bertz CT molecular complexity index is 2140. The number of rotatable bonds is 9. The van der Waals surface area contributed by atoms with Gasteiger partial charge in [-0.1, -0.05) is 71.1 Å². The normalized spacial score (nSPS) is 13.2. The minimum absolute atomic E-state index is 0.130. The van der Waals surface area contributed by atoms with Gasteiger partial charge in [0.25, 0.3) is 0 Å². The summed E-state index contributed by atoms with van der Waals surface area (Å²) in [5.41, 5.74) is 6.98. The Morgan fingerprint density at radius 2 is 0.792 bits per heavy atom. The van der Waals surface area contributed by atoms with E-state index in [-0.39, 0.29) is 23.1 Å². The molecule has 2 aliphatic carbocycles. The van der Waals surface area contributed by atoms with Gasteiger partial charge in [0.15, 0.2) is 23.1 Å². The highest BCUT2D eigenvalue weighted by Gasteiger charge is 2.30. The minimum atomic E-state index is -0.138. The molecule has 0 aliphatic heterocycles. The molecule has 0 amide bonds. The lowest BCUT2D eigenvalue weighted by atomic mass is 9.83. The Kier molecular flexibility index (Phi) is 7.25. The molecule has 2 aliphatic rings. The molecule has 0 atom stereocenters. The maximum Gasteiger partial charge on any atom is 0.194 e. The molecule has 6 aromatic rings. The van der Waals surface area contributed by atoms with Gasteiger partial charge in [-0.15, -0.1) is 10.2 Å². The second kappa shape index (κ2) is 11.9. The number of aromatic nitrogens is 6. The third-order valence-corrected chi connectivity index (χ3v) is 8.96. The van der Waals surface area contributed by atoms with Gasteiger partial charge >= 0.3 is 0 Å². The molecular weight excluding hydrogens is 604 g/mol. The Labute approximate surface area is 275 Å². The second-order valence-corrected chi connectivity index (χ2v) is 12.2. The van der Waals surface area contributed by atoms with E-state index in [9.17, 15) is 19.2 Å². The number of fused-ring (bicyclic) bond motifs is 4. The van der Waals surface area contributed by atoms with Crippen LogP contribution in [0.3, 0.4) is 0 Å². The maximum atomic E-state index is 13.1. The molecule has 0 saturated carbocycles. The van der Waals surface area contributed by atoms with Crippen LogP contribution in [-0.4, -0.2) is 53.1 Å². The summed E-state index contributed by atoms with van der Waals surface area (Å²) >= 11 is 0. The van der Waals surface area contributed by atoms with Crippen molar-refractivity contribution in [3.05, 3.63) is 164 Å².